The molecule has 0 aliphatic carbocycles. The Morgan fingerprint density at radius 1 is 1.18 bits per heavy atom. The average Bonchev–Trinajstić information content (AvgIpc) is 2.03. The zero-order chi connectivity index (χ0) is 8.69. The minimum atomic E-state index is 0.477. The molecule has 0 heterocycles. The lowest BCUT2D eigenvalue weighted by molar-refractivity contribution is 0.272. The Balaban J connectivity index is 3.51. The van der Waals surface area contributed by atoms with Crippen molar-refractivity contribution >= 4 is 12.6 Å². The lowest BCUT2D eigenvalue weighted by Gasteiger charge is -2.25. The molecular formula is C9H21NS. The van der Waals surface area contributed by atoms with E-state index in [1.165, 1.54) is 19.3 Å². The van der Waals surface area contributed by atoms with Crippen LogP contribution in [0.3, 0.4) is 0 Å². The van der Waals surface area contributed by atoms with Gasteiger partial charge in [0, 0.05) is 0 Å². The SMILES string of the molecule is CCCCC(S)N(CC)CC. The van der Waals surface area contributed by atoms with Gasteiger partial charge in [-0.05, 0) is 19.5 Å². The molecule has 1 unspecified atom stereocenters. The lowest BCUT2D eigenvalue weighted by atomic mass is 10.2. The largest absolute Gasteiger partial charge is 0.292 e. The third kappa shape index (κ3) is 4.70. The molecule has 0 saturated carbocycles. The first kappa shape index (κ1) is 11.3. The summed E-state index contributed by atoms with van der Waals surface area (Å²) in [5.74, 6) is 0. The molecule has 0 aliphatic heterocycles. The molecule has 0 amide bonds. The van der Waals surface area contributed by atoms with Crippen molar-refractivity contribution < 1.29 is 0 Å². The summed E-state index contributed by atoms with van der Waals surface area (Å²) in [7, 11) is 0. The standard InChI is InChI=1S/C9H21NS/c1-4-7-8-9(11)10(5-2)6-3/h9,11H,4-8H2,1-3H3. The first-order valence-electron chi connectivity index (χ1n) is 4.68. The van der Waals surface area contributed by atoms with Gasteiger partial charge in [-0.1, -0.05) is 33.6 Å². The normalized spacial score (nSPS) is 13.9. The number of rotatable bonds is 6. The van der Waals surface area contributed by atoms with E-state index < -0.39 is 0 Å². The van der Waals surface area contributed by atoms with E-state index in [9.17, 15) is 0 Å². The number of unbranched alkanes of at least 4 members (excludes halogenated alkanes) is 1. The minimum absolute atomic E-state index is 0.477. The zero-order valence-corrected chi connectivity index (χ0v) is 8.90. The van der Waals surface area contributed by atoms with Gasteiger partial charge in [0.1, 0.15) is 0 Å². The van der Waals surface area contributed by atoms with Crippen molar-refractivity contribution in [2.24, 2.45) is 0 Å². The maximum atomic E-state index is 4.55. The molecule has 0 N–H and O–H groups in total. The smallest absolute Gasteiger partial charge is 0.0527 e. The highest BCUT2D eigenvalue weighted by atomic mass is 32.1. The molecule has 0 aliphatic rings. The Kier molecular flexibility index (Phi) is 7.18. The van der Waals surface area contributed by atoms with E-state index in [0.717, 1.165) is 13.1 Å². The van der Waals surface area contributed by atoms with Gasteiger partial charge in [0.05, 0.1) is 5.37 Å². The van der Waals surface area contributed by atoms with E-state index in [1.807, 2.05) is 0 Å². The van der Waals surface area contributed by atoms with Gasteiger partial charge in [0.25, 0.3) is 0 Å². The Labute approximate surface area is 76.6 Å². The molecule has 0 aromatic heterocycles. The number of thiol groups is 1. The summed E-state index contributed by atoms with van der Waals surface area (Å²) in [5, 5.41) is 0.477. The molecule has 68 valence electrons. The highest BCUT2D eigenvalue weighted by Gasteiger charge is 2.08. The topological polar surface area (TPSA) is 3.24 Å². The fourth-order valence-electron chi connectivity index (χ4n) is 1.21. The summed E-state index contributed by atoms with van der Waals surface area (Å²) < 4.78 is 0. The van der Waals surface area contributed by atoms with Crippen LogP contribution in [0.5, 0.6) is 0 Å². The molecule has 11 heavy (non-hydrogen) atoms. The van der Waals surface area contributed by atoms with Crippen LogP contribution in [-0.4, -0.2) is 23.4 Å². The van der Waals surface area contributed by atoms with Crippen LogP contribution in [0.15, 0.2) is 0 Å². The molecule has 1 atom stereocenters. The fourth-order valence-corrected chi connectivity index (χ4v) is 1.72. The monoisotopic (exact) mass is 175 g/mol. The summed E-state index contributed by atoms with van der Waals surface area (Å²) in [4.78, 5) is 2.39. The quantitative estimate of drug-likeness (QED) is 0.480. The molecule has 0 spiro atoms. The average molecular weight is 175 g/mol. The predicted molar refractivity (Wildman–Crippen MR) is 55.2 cm³/mol. The molecule has 0 fully saturated rings. The molecule has 0 bridgehead atoms. The van der Waals surface area contributed by atoms with Crippen LogP contribution in [0.1, 0.15) is 40.0 Å². The van der Waals surface area contributed by atoms with Gasteiger partial charge < -0.3 is 0 Å². The van der Waals surface area contributed by atoms with Crippen molar-refractivity contribution in [2.45, 2.75) is 45.4 Å². The van der Waals surface area contributed by atoms with Crippen LogP contribution < -0.4 is 0 Å². The Morgan fingerprint density at radius 2 is 1.73 bits per heavy atom. The first-order valence-corrected chi connectivity index (χ1v) is 5.19. The predicted octanol–water partition coefficient (Wildman–Crippen LogP) is 2.77. The van der Waals surface area contributed by atoms with E-state index in [0.29, 0.717) is 5.37 Å². The van der Waals surface area contributed by atoms with Crippen molar-refractivity contribution in [1.82, 2.24) is 4.90 Å². The minimum Gasteiger partial charge on any atom is -0.292 e. The Bertz CT molecular complexity index is 81.6. The van der Waals surface area contributed by atoms with Gasteiger partial charge >= 0.3 is 0 Å². The summed E-state index contributed by atoms with van der Waals surface area (Å²) in [6, 6.07) is 0. The van der Waals surface area contributed by atoms with Crippen molar-refractivity contribution in [3.63, 3.8) is 0 Å². The van der Waals surface area contributed by atoms with Gasteiger partial charge in [-0.25, -0.2) is 0 Å². The van der Waals surface area contributed by atoms with Crippen LogP contribution in [0.2, 0.25) is 0 Å². The number of hydrogen-bond donors (Lipinski definition) is 1. The maximum absolute atomic E-state index is 4.55. The zero-order valence-electron chi connectivity index (χ0n) is 8.01. The van der Waals surface area contributed by atoms with Crippen molar-refractivity contribution in [3.05, 3.63) is 0 Å². The van der Waals surface area contributed by atoms with Crippen LogP contribution in [0.4, 0.5) is 0 Å². The highest BCUT2D eigenvalue weighted by molar-refractivity contribution is 7.80. The van der Waals surface area contributed by atoms with E-state index in [-0.39, 0.29) is 0 Å². The van der Waals surface area contributed by atoms with Crippen molar-refractivity contribution in [1.29, 1.82) is 0 Å². The van der Waals surface area contributed by atoms with Gasteiger partial charge in [-0.2, -0.15) is 12.6 Å². The molecule has 0 aromatic carbocycles. The molecule has 0 aromatic rings. The summed E-state index contributed by atoms with van der Waals surface area (Å²) >= 11 is 4.55. The maximum Gasteiger partial charge on any atom is 0.0527 e. The van der Waals surface area contributed by atoms with Crippen LogP contribution in [0, 0.1) is 0 Å². The number of hydrogen-bond acceptors (Lipinski definition) is 2. The second-order valence-corrected chi connectivity index (χ2v) is 3.44. The van der Waals surface area contributed by atoms with Crippen LogP contribution >= 0.6 is 12.6 Å². The third-order valence-electron chi connectivity index (χ3n) is 2.05. The molecule has 0 saturated heterocycles. The molecule has 1 nitrogen and oxygen atoms in total. The lowest BCUT2D eigenvalue weighted by Crippen LogP contribution is -2.30. The molecule has 2 heteroatoms. The molecule has 0 radical (unpaired) electrons. The number of nitrogens with zero attached hydrogens (tertiary/aromatic N) is 1. The van der Waals surface area contributed by atoms with Crippen molar-refractivity contribution in [2.75, 3.05) is 13.1 Å². The first-order chi connectivity index (χ1) is 5.26. The van der Waals surface area contributed by atoms with Crippen molar-refractivity contribution in [3.8, 4) is 0 Å². The van der Waals surface area contributed by atoms with Gasteiger partial charge in [0.2, 0.25) is 0 Å². The van der Waals surface area contributed by atoms with E-state index >= 15 is 0 Å². The van der Waals surface area contributed by atoms with Gasteiger partial charge in [-0.3, -0.25) is 4.90 Å². The summed E-state index contributed by atoms with van der Waals surface area (Å²) in [5.41, 5.74) is 0. The van der Waals surface area contributed by atoms with E-state index in [2.05, 4.69) is 38.3 Å². The van der Waals surface area contributed by atoms with Crippen LogP contribution in [-0.2, 0) is 0 Å². The summed E-state index contributed by atoms with van der Waals surface area (Å²) in [6.07, 6.45) is 3.80. The van der Waals surface area contributed by atoms with Gasteiger partial charge in [0.15, 0.2) is 0 Å². The molecule has 0 rings (SSSR count). The highest BCUT2D eigenvalue weighted by Crippen LogP contribution is 2.11. The third-order valence-corrected chi connectivity index (χ3v) is 2.63. The van der Waals surface area contributed by atoms with Crippen LogP contribution in [0.25, 0.3) is 0 Å². The fraction of sp³-hybridized carbons (Fsp3) is 1.00. The molecular weight excluding hydrogens is 154 g/mol. The second kappa shape index (κ2) is 6.99. The van der Waals surface area contributed by atoms with Gasteiger partial charge in [-0.15, -0.1) is 0 Å². The summed E-state index contributed by atoms with van der Waals surface area (Å²) in [6.45, 7) is 8.85. The van der Waals surface area contributed by atoms with E-state index in [1.54, 1.807) is 0 Å². The second-order valence-electron chi connectivity index (χ2n) is 2.84. The van der Waals surface area contributed by atoms with E-state index in [4.69, 9.17) is 0 Å². The Hall–Kier alpha value is 0.310. The Morgan fingerprint density at radius 3 is 2.09 bits per heavy atom.